The molecule has 1 aromatic rings. The number of rotatable bonds is 6. The quantitative estimate of drug-likeness (QED) is 0.749. The van der Waals surface area contributed by atoms with Crippen LogP contribution in [0.15, 0.2) is 18.3 Å². The zero-order valence-electron chi connectivity index (χ0n) is 9.23. The number of aliphatic hydroxyl groups excluding tert-OH is 1. The van der Waals surface area contributed by atoms with Crippen LogP contribution in [0.25, 0.3) is 0 Å². The van der Waals surface area contributed by atoms with Crippen LogP contribution in [0.4, 0.5) is 5.69 Å². The maximum Gasteiger partial charge on any atom is 0.214 e. The Balaban J connectivity index is 2.43. The minimum atomic E-state index is -0.297. The molecule has 0 amide bonds. The Hall–Kier alpha value is -1.29. The number of methoxy groups -OCH3 is 1. The predicted octanol–water partition coefficient (Wildman–Crippen LogP) is 1.66. The van der Waals surface area contributed by atoms with Crippen LogP contribution in [0.5, 0.6) is 5.88 Å². The molecule has 0 aliphatic rings. The SMILES string of the molecule is CCCC(O)CNc1ccnc(OC)c1. The largest absolute Gasteiger partial charge is 0.481 e. The first-order valence-corrected chi connectivity index (χ1v) is 5.18. The fourth-order valence-electron chi connectivity index (χ4n) is 1.30. The summed E-state index contributed by atoms with van der Waals surface area (Å²) in [6.45, 7) is 2.61. The molecule has 15 heavy (non-hydrogen) atoms. The number of anilines is 1. The second kappa shape index (κ2) is 6.24. The molecular weight excluding hydrogens is 192 g/mol. The zero-order valence-corrected chi connectivity index (χ0v) is 9.23. The fourth-order valence-corrected chi connectivity index (χ4v) is 1.30. The third-order valence-corrected chi connectivity index (χ3v) is 2.11. The van der Waals surface area contributed by atoms with Crippen LogP contribution in [-0.2, 0) is 0 Å². The number of nitrogens with one attached hydrogen (secondary N) is 1. The molecule has 1 unspecified atom stereocenters. The van der Waals surface area contributed by atoms with Crippen LogP contribution in [0.2, 0.25) is 0 Å². The van der Waals surface area contributed by atoms with E-state index in [-0.39, 0.29) is 6.10 Å². The molecule has 1 atom stereocenters. The number of ether oxygens (including phenoxy) is 1. The van der Waals surface area contributed by atoms with Crippen molar-refractivity contribution < 1.29 is 9.84 Å². The van der Waals surface area contributed by atoms with Crippen molar-refractivity contribution in [3.8, 4) is 5.88 Å². The lowest BCUT2D eigenvalue weighted by molar-refractivity contribution is 0.176. The van der Waals surface area contributed by atoms with Crippen molar-refractivity contribution in [2.45, 2.75) is 25.9 Å². The Bertz CT molecular complexity index is 292. The highest BCUT2D eigenvalue weighted by Gasteiger charge is 2.02. The molecule has 0 radical (unpaired) electrons. The Kier molecular flexibility index (Phi) is 4.90. The Labute approximate surface area is 90.3 Å². The highest BCUT2D eigenvalue weighted by molar-refractivity contribution is 5.44. The molecule has 84 valence electrons. The summed E-state index contributed by atoms with van der Waals surface area (Å²) in [6, 6.07) is 3.65. The maximum absolute atomic E-state index is 9.53. The van der Waals surface area contributed by atoms with Gasteiger partial charge in [0.25, 0.3) is 0 Å². The van der Waals surface area contributed by atoms with E-state index in [0.717, 1.165) is 18.5 Å². The minimum Gasteiger partial charge on any atom is -0.481 e. The van der Waals surface area contributed by atoms with Gasteiger partial charge in [-0.3, -0.25) is 0 Å². The molecule has 4 heteroatoms. The molecule has 0 fully saturated rings. The third-order valence-electron chi connectivity index (χ3n) is 2.11. The summed E-state index contributed by atoms with van der Waals surface area (Å²) in [4.78, 5) is 4.00. The third kappa shape index (κ3) is 4.16. The van der Waals surface area contributed by atoms with Gasteiger partial charge in [0.15, 0.2) is 0 Å². The van der Waals surface area contributed by atoms with Gasteiger partial charge in [-0.25, -0.2) is 4.98 Å². The van der Waals surface area contributed by atoms with E-state index < -0.39 is 0 Å². The average molecular weight is 210 g/mol. The van der Waals surface area contributed by atoms with Gasteiger partial charge < -0.3 is 15.2 Å². The molecule has 1 rings (SSSR count). The molecule has 1 heterocycles. The van der Waals surface area contributed by atoms with Gasteiger partial charge in [0.2, 0.25) is 5.88 Å². The van der Waals surface area contributed by atoms with Crippen LogP contribution >= 0.6 is 0 Å². The van der Waals surface area contributed by atoms with E-state index in [1.165, 1.54) is 0 Å². The van der Waals surface area contributed by atoms with Gasteiger partial charge in [-0.15, -0.1) is 0 Å². The van der Waals surface area contributed by atoms with Gasteiger partial charge in [0.1, 0.15) is 0 Å². The number of aliphatic hydroxyl groups is 1. The number of hydrogen-bond acceptors (Lipinski definition) is 4. The van der Waals surface area contributed by atoms with E-state index in [0.29, 0.717) is 12.4 Å². The Morgan fingerprint density at radius 1 is 1.60 bits per heavy atom. The highest BCUT2D eigenvalue weighted by atomic mass is 16.5. The summed E-state index contributed by atoms with van der Waals surface area (Å²) in [5.74, 6) is 0.574. The normalized spacial score (nSPS) is 12.2. The first kappa shape index (κ1) is 11.8. The summed E-state index contributed by atoms with van der Waals surface area (Å²) in [5, 5.41) is 12.7. The summed E-state index contributed by atoms with van der Waals surface area (Å²) in [5.41, 5.74) is 0.914. The van der Waals surface area contributed by atoms with E-state index in [4.69, 9.17) is 4.74 Å². The van der Waals surface area contributed by atoms with E-state index in [1.54, 1.807) is 19.4 Å². The van der Waals surface area contributed by atoms with Gasteiger partial charge in [-0.1, -0.05) is 13.3 Å². The van der Waals surface area contributed by atoms with E-state index in [1.807, 2.05) is 6.07 Å². The lowest BCUT2D eigenvalue weighted by Crippen LogP contribution is -2.18. The van der Waals surface area contributed by atoms with Gasteiger partial charge in [0.05, 0.1) is 13.2 Å². The van der Waals surface area contributed by atoms with Crippen molar-refractivity contribution in [2.75, 3.05) is 19.0 Å². The molecular formula is C11H18N2O2. The average Bonchev–Trinajstić information content (AvgIpc) is 2.27. The number of pyridine rings is 1. The van der Waals surface area contributed by atoms with Crippen LogP contribution in [0.3, 0.4) is 0 Å². The summed E-state index contributed by atoms with van der Waals surface area (Å²) in [7, 11) is 1.58. The monoisotopic (exact) mass is 210 g/mol. The van der Waals surface area contributed by atoms with Gasteiger partial charge in [0, 0.05) is 24.5 Å². The van der Waals surface area contributed by atoms with Crippen LogP contribution < -0.4 is 10.1 Å². The standard InChI is InChI=1S/C11H18N2O2/c1-3-4-10(14)8-13-9-5-6-12-11(7-9)15-2/h5-7,10,14H,3-4,8H2,1-2H3,(H,12,13). The van der Waals surface area contributed by atoms with Crippen LogP contribution in [-0.4, -0.2) is 29.8 Å². The van der Waals surface area contributed by atoms with E-state index >= 15 is 0 Å². The lowest BCUT2D eigenvalue weighted by atomic mass is 10.2. The van der Waals surface area contributed by atoms with E-state index in [9.17, 15) is 5.11 Å². The van der Waals surface area contributed by atoms with E-state index in [2.05, 4.69) is 17.2 Å². The molecule has 0 aliphatic carbocycles. The number of nitrogens with zero attached hydrogens (tertiary/aromatic N) is 1. The molecule has 2 N–H and O–H groups in total. The molecule has 1 aromatic heterocycles. The van der Waals surface area contributed by atoms with Crippen LogP contribution in [0, 0.1) is 0 Å². The maximum atomic E-state index is 9.53. The number of aromatic nitrogens is 1. The fraction of sp³-hybridized carbons (Fsp3) is 0.545. The topological polar surface area (TPSA) is 54.4 Å². The van der Waals surface area contributed by atoms with Crippen molar-refractivity contribution in [3.05, 3.63) is 18.3 Å². The summed E-state index contributed by atoms with van der Waals surface area (Å²) in [6.07, 6.45) is 3.18. The zero-order chi connectivity index (χ0) is 11.1. The van der Waals surface area contributed by atoms with Crippen molar-refractivity contribution in [3.63, 3.8) is 0 Å². The molecule has 0 aromatic carbocycles. The van der Waals surface area contributed by atoms with Crippen molar-refractivity contribution in [1.82, 2.24) is 4.98 Å². The molecule has 0 saturated carbocycles. The number of hydrogen-bond donors (Lipinski definition) is 2. The smallest absolute Gasteiger partial charge is 0.214 e. The minimum absolute atomic E-state index is 0.297. The van der Waals surface area contributed by atoms with Crippen molar-refractivity contribution in [2.24, 2.45) is 0 Å². The summed E-state index contributed by atoms with van der Waals surface area (Å²) >= 11 is 0. The predicted molar refractivity (Wildman–Crippen MR) is 60.2 cm³/mol. The molecule has 0 spiro atoms. The molecule has 4 nitrogen and oxygen atoms in total. The highest BCUT2D eigenvalue weighted by Crippen LogP contribution is 2.13. The van der Waals surface area contributed by atoms with Crippen LogP contribution in [0.1, 0.15) is 19.8 Å². The van der Waals surface area contributed by atoms with Crippen molar-refractivity contribution >= 4 is 5.69 Å². The second-order valence-electron chi connectivity index (χ2n) is 3.41. The molecule has 0 aliphatic heterocycles. The molecule has 0 saturated heterocycles. The first-order valence-electron chi connectivity index (χ1n) is 5.18. The first-order chi connectivity index (χ1) is 7.26. The van der Waals surface area contributed by atoms with Gasteiger partial charge >= 0.3 is 0 Å². The Morgan fingerprint density at radius 2 is 2.40 bits per heavy atom. The summed E-state index contributed by atoms with van der Waals surface area (Å²) < 4.78 is 5.00. The van der Waals surface area contributed by atoms with Crippen molar-refractivity contribution in [1.29, 1.82) is 0 Å². The van der Waals surface area contributed by atoms with Gasteiger partial charge in [-0.2, -0.15) is 0 Å². The molecule has 0 bridgehead atoms. The lowest BCUT2D eigenvalue weighted by Gasteiger charge is -2.11. The van der Waals surface area contributed by atoms with Gasteiger partial charge in [-0.05, 0) is 12.5 Å². The Morgan fingerprint density at radius 3 is 3.07 bits per heavy atom. The second-order valence-corrected chi connectivity index (χ2v) is 3.41.